The zero-order chi connectivity index (χ0) is 35.6. The predicted molar refractivity (Wildman–Crippen MR) is 187 cm³/mol. The van der Waals surface area contributed by atoms with Gasteiger partial charge >= 0.3 is 11.9 Å². The van der Waals surface area contributed by atoms with E-state index in [0.29, 0.717) is 26.2 Å². The fraction of sp³-hybridized carbons (Fsp3) is 0.568. The predicted octanol–water partition coefficient (Wildman–Crippen LogP) is 2.89. The third-order valence-electron chi connectivity index (χ3n) is 8.03. The molecule has 2 aromatic rings. The first-order chi connectivity index (χ1) is 23.5. The van der Waals surface area contributed by atoms with Gasteiger partial charge in [-0.15, -0.1) is 0 Å². The molecule has 1 aliphatic carbocycles. The van der Waals surface area contributed by atoms with Crippen LogP contribution in [0.25, 0.3) is 11.1 Å². The monoisotopic (exact) mass is 682 g/mol. The second kappa shape index (κ2) is 20.6. The lowest BCUT2D eigenvalue weighted by Crippen LogP contribution is -2.41. The van der Waals surface area contributed by atoms with Gasteiger partial charge in [0.2, 0.25) is 11.8 Å². The van der Waals surface area contributed by atoms with Gasteiger partial charge in [-0.25, -0.2) is 0 Å². The Kier molecular flexibility index (Phi) is 16.7. The lowest BCUT2D eigenvalue weighted by atomic mass is 9.97. The van der Waals surface area contributed by atoms with Crippen molar-refractivity contribution in [1.82, 2.24) is 20.9 Å². The highest BCUT2D eigenvalue weighted by atomic mass is 16.6. The molecular formula is C37H54N4O8. The molecule has 0 heterocycles. The van der Waals surface area contributed by atoms with Crippen molar-refractivity contribution in [3.63, 3.8) is 0 Å². The highest BCUT2D eigenvalue weighted by Gasteiger charge is 2.31. The minimum atomic E-state index is -0.830. The summed E-state index contributed by atoms with van der Waals surface area (Å²) in [4.78, 5) is 52.8. The zero-order valence-electron chi connectivity index (χ0n) is 29.7. The minimum absolute atomic E-state index is 0.0254. The topological polar surface area (TPSA) is 145 Å². The number of hydrogen-bond donors (Lipinski definition) is 3. The molecule has 0 aliphatic heterocycles. The van der Waals surface area contributed by atoms with E-state index in [1.54, 1.807) is 25.7 Å². The molecular weight excluding hydrogens is 628 g/mol. The van der Waals surface area contributed by atoms with E-state index in [1.165, 1.54) is 0 Å². The van der Waals surface area contributed by atoms with Gasteiger partial charge in [0.25, 0.3) is 0 Å². The van der Waals surface area contributed by atoms with E-state index >= 15 is 0 Å². The standard InChI is InChI=1S/C37H54N4O8/c1-37(2,3)49-36(45)27(24-35(44)48-25-32-30-12-8-6-10-28(30)29-11-7-9-13-31(29)32)14-15-33(42)40-18-21-46-22-23-47-26-34(43)41(19-16-38-4)20-17-39-5/h6-13,27,32,38-39H,14-26H2,1-5H3,(H,40,42)/t27-/m0/s1. The molecule has 12 heteroatoms. The second-order valence-corrected chi connectivity index (χ2v) is 13.0. The number of likely N-dealkylation sites (N-methyl/N-ethyl adjacent to an activating group) is 2. The molecule has 1 atom stereocenters. The molecule has 0 saturated heterocycles. The van der Waals surface area contributed by atoms with E-state index in [9.17, 15) is 19.2 Å². The van der Waals surface area contributed by atoms with Gasteiger partial charge in [0.1, 0.15) is 18.8 Å². The van der Waals surface area contributed by atoms with Crippen molar-refractivity contribution >= 4 is 23.8 Å². The number of nitrogens with one attached hydrogen (secondary N) is 3. The van der Waals surface area contributed by atoms with Gasteiger partial charge in [0, 0.05) is 45.1 Å². The summed E-state index contributed by atoms with van der Waals surface area (Å²) in [5.74, 6) is -2.33. The quantitative estimate of drug-likeness (QED) is 0.125. The Hall–Kier alpha value is -3.84. The van der Waals surface area contributed by atoms with Gasteiger partial charge in [-0.3, -0.25) is 19.2 Å². The summed E-state index contributed by atoms with van der Waals surface area (Å²) in [5.41, 5.74) is 3.72. The average molecular weight is 683 g/mol. The van der Waals surface area contributed by atoms with E-state index in [1.807, 2.05) is 50.5 Å². The van der Waals surface area contributed by atoms with Crippen LogP contribution >= 0.6 is 0 Å². The van der Waals surface area contributed by atoms with Crippen molar-refractivity contribution in [2.75, 3.05) is 79.9 Å². The van der Waals surface area contributed by atoms with Gasteiger partial charge < -0.3 is 39.8 Å². The number of carbonyl (C=O) groups is 4. The van der Waals surface area contributed by atoms with Gasteiger partial charge in [-0.2, -0.15) is 0 Å². The number of amides is 2. The van der Waals surface area contributed by atoms with Crippen LogP contribution in [0.1, 0.15) is 57.1 Å². The van der Waals surface area contributed by atoms with Crippen LogP contribution in [0.15, 0.2) is 48.5 Å². The van der Waals surface area contributed by atoms with Crippen molar-refractivity contribution in [3.05, 3.63) is 59.7 Å². The van der Waals surface area contributed by atoms with Gasteiger partial charge in [-0.1, -0.05) is 48.5 Å². The number of hydrogen-bond acceptors (Lipinski definition) is 10. The molecule has 270 valence electrons. The second-order valence-electron chi connectivity index (χ2n) is 13.0. The summed E-state index contributed by atoms with van der Waals surface area (Å²) in [7, 11) is 3.68. The molecule has 0 saturated carbocycles. The van der Waals surface area contributed by atoms with Crippen molar-refractivity contribution < 1.29 is 38.1 Å². The highest BCUT2D eigenvalue weighted by Crippen LogP contribution is 2.44. The Morgan fingerprint density at radius 1 is 0.816 bits per heavy atom. The molecule has 0 spiro atoms. The molecule has 12 nitrogen and oxygen atoms in total. The fourth-order valence-electron chi connectivity index (χ4n) is 5.55. The fourth-order valence-corrected chi connectivity index (χ4v) is 5.55. The summed E-state index contributed by atoms with van der Waals surface area (Å²) in [6, 6.07) is 16.2. The normalized spacial score (nSPS) is 12.9. The number of esters is 2. The van der Waals surface area contributed by atoms with Crippen LogP contribution in [0.4, 0.5) is 0 Å². The molecule has 0 fully saturated rings. The Morgan fingerprint density at radius 3 is 2.00 bits per heavy atom. The summed E-state index contributed by atoms with van der Waals surface area (Å²) >= 11 is 0. The number of nitrogens with zero attached hydrogens (tertiary/aromatic N) is 1. The number of rotatable bonds is 22. The Bertz CT molecular complexity index is 1310. The number of ether oxygens (including phenoxy) is 4. The van der Waals surface area contributed by atoms with Crippen molar-refractivity contribution in [1.29, 1.82) is 0 Å². The maximum absolute atomic E-state index is 13.0. The maximum Gasteiger partial charge on any atom is 0.310 e. The minimum Gasteiger partial charge on any atom is -0.465 e. The van der Waals surface area contributed by atoms with E-state index < -0.39 is 23.5 Å². The first kappa shape index (κ1) is 39.6. The average Bonchev–Trinajstić information content (AvgIpc) is 3.39. The van der Waals surface area contributed by atoms with Crippen LogP contribution in [-0.4, -0.2) is 114 Å². The number of carbonyl (C=O) groups excluding carboxylic acids is 4. The molecule has 0 aromatic heterocycles. The molecule has 0 radical (unpaired) electrons. The number of fused-ring (bicyclic) bond motifs is 3. The molecule has 0 bridgehead atoms. The first-order valence-corrected chi connectivity index (χ1v) is 17.1. The Balaban J connectivity index is 1.39. The summed E-state index contributed by atoms with van der Waals surface area (Å²) in [6.45, 7) is 9.06. The Labute approximate surface area is 290 Å². The van der Waals surface area contributed by atoms with Crippen molar-refractivity contribution in [2.24, 2.45) is 5.92 Å². The molecule has 2 amide bonds. The molecule has 0 unspecified atom stereocenters. The van der Waals surface area contributed by atoms with Crippen molar-refractivity contribution in [3.8, 4) is 11.1 Å². The van der Waals surface area contributed by atoms with E-state index in [4.69, 9.17) is 18.9 Å². The van der Waals surface area contributed by atoms with Gasteiger partial charge in [0.05, 0.1) is 32.2 Å². The smallest absolute Gasteiger partial charge is 0.310 e. The largest absolute Gasteiger partial charge is 0.465 e. The van der Waals surface area contributed by atoms with Crippen LogP contribution in [0.2, 0.25) is 0 Å². The lowest BCUT2D eigenvalue weighted by molar-refractivity contribution is -0.164. The van der Waals surface area contributed by atoms with Gasteiger partial charge in [0.15, 0.2) is 0 Å². The zero-order valence-corrected chi connectivity index (χ0v) is 29.7. The first-order valence-electron chi connectivity index (χ1n) is 17.1. The third kappa shape index (κ3) is 13.5. The van der Waals surface area contributed by atoms with Crippen molar-refractivity contribution in [2.45, 2.75) is 51.6 Å². The van der Waals surface area contributed by atoms with Crippen LogP contribution in [0.3, 0.4) is 0 Å². The maximum atomic E-state index is 13.0. The van der Waals surface area contributed by atoms with E-state index in [0.717, 1.165) is 22.3 Å². The summed E-state index contributed by atoms with van der Waals surface area (Å²) in [5, 5.41) is 8.86. The van der Waals surface area contributed by atoms with E-state index in [-0.39, 0.29) is 76.6 Å². The molecule has 2 aromatic carbocycles. The number of benzene rings is 2. The third-order valence-corrected chi connectivity index (χ3v) is 8.03. The van der Waals surface area contributed by atoms with Crippen LogP contribution < -0.4 is 16.0 Å². The summed E-state index contributed by atoms with van der Waals surface area (Å²) in [6.07, 6.45) is -0.0245. The Morgan fingerprint density at radius 2 is 1.41 bits per heavy atom. The van der Waals surface area contributed by atoms with Crippen LogP contribution in [-0.2, 0) is 38.1 Å². The van der Waals surface area contributed by atoms with Crippen LogP contribution in [0.5, 0.6) is 0 Å². The van der Waals surface area contributed by atoms with Crippen LogP contribution in [0, 0.1) is 5.92 Å². The van der Waals surface area contributed by atoms with Gasteiger partial charge in [-0.05, 0) is 63.5 Å². The summed E-state index contributed by atoms with van der Waals surface area (Å²) < 4.78 is 22.3. The SMILES string of the molecule is CNCCN(CCNC)C(=O)COCCOCCNC(=O)CC[C@@H](CC(=O)OCC1c2ccccc2-c2ccccc21)C(=O)OC(C)(C)C. The highest BCUT2D eigenvalue weighted by molar-refractivity contribution is 5.82. The molecule has 1 aliphatic rings. The lowest BCUT2D eigenvalue weighted by Gasteiger charge is -2.24. The van der Waals surface area contributed by atoms with E-state index in [2.05, 4.69) is 28.1 Å². The molecule has 3 N–H and O–H groups in total. The molecule has 3 rings (SSSR count). The molecule has 49 heavy (non-hydrogen) atoms.